The van der Waals surface area contributed by atoms with Gasteiger partial charge in [0.1, 0.15) is 6.61 Å². The molecule has 1 amide bonds. The Balaban J connectivity index is 1.83. The van der Waals surface area contributed by atoms with Gasteiger partial charge in [-0.1, -0.05) is 19.8 Å². The molecule has 1 saturated heterocycles. The Hall–Kier alpha value is -0.610. The van der Waals surface area contributed by atoms with Gasteiger partial charge in [0.15, 0.2) is 0 Å². The lowest BCUT2D eigenvalue weighted by Gasteiger charge is -2.39. The molecule has 2 atom stereocenters. The van der Waals surface area contributed by atoms with Crippen LogP contribution < -0.4 is 5.73 Å². The molecule has 2 aliphatic rings. The van der Waals surface area contributed by atoms with Crippen LogP contribution in [0.25, 0.3) is 0 Å². The third-order valence-corrected chi connectivity index (χ3v) is 4.63. The molecule has 4 heteroatoms. The van der Waals surface area contributed by atoms with Crippen LogP contribution in [0, 0.1) is 5.92 Å². The largest absolute Gasteiger partial charge is 0.364 e. The number of hydrogen-bond donors (Lipinski definition) is 1. The van der Waals surface area contributed by atoms with Crippen LogP contribution in [0.1, 0.15) is 51.9 Å². The van der Waals surface area contributed by atoms with E-state index in [0.717, 1.165) is 45.2 Å². The first-order valence-corrected chi connectivity index (χ1v) is 7.77. The Morgan fingerprint density at radius 2 is 2.05 bits per heavy atom. The third kappa shape index (κ3) is 3.93. The van der Waals surface area contributed by atoms with Gasteiger partial charge in [0.25, 0.3) is 0 Å². The van der Waals surface area contributed by atoms with Gasteiger partial charge in [0.05, 0.1) is 5.60 Å². The fraction of sp³-hybridized carbons (Fsp3) is 0.933. The van der Waals surface area contributed by atoms with Crippen molar-refractivity contribution in [2.75, 3.05) is 26.2 Å². The summed E-state index contributed by atoms with van der Waals surface area (Å²) < 4.78 is 5.99. The van der Waals surface area contributed by atoms with Crippen molar-refractivity contribution in [3.8, 4) is 0 Å². The number of carbonyl (C=O) groups is 1. The zero-order valence-corrected chi connectivity index (χ0v) is 12.2. The van der Waals surface area contributed by atoms with E-state index in [1.807, 2.05) is 4.90 Å². The van der Waals surface area contributed by atoms with Crippen LogP contribution in [0.4, 0.5) is 0 Å². The van der Waals surface area contributed by atoms with Crippen LogP contribution in [-0.2, 0) is 9.53 Å². The molecule has 2 unspecified atom stereocenters. The smallest absolute Gasteiger partial charge is 0.248 e. The van der Waals surface area contributed by atoms with Crippen LogP contribution in [0.5, 0.6) is 0 Å². The third-order valence-electron chi connectivity index (χ3n) is 4.63. The number of likely N-dealkylation sites (tertiary alicyclic amines) is 1. The Kier molecular flexibility index (Phi) is 5.22. The van der Waals surface area contributed by atoms with E-state index in [1.54, 1.807) is 0 Å². The molecule has 2 rings (SSSR count). The summed E-state index contributed by atoms with van der Waals surface area (Å²) in [6.07, 6.45) is 7.92. The van der Waals surface area contributed by atoms with Gasteiger partial charge < -0.3 is 15.4 Å². The summed E-state index contributed by atoms with van der Waals surface area (Å²) in [5.41, 5.74) is 5.67. The average Bonchev–Trinajstić information content (AvgIpc) is 2.46. The van der Waals surface area contributed by atoms with Crippen LogP contribution >= 0.6 is 0 Å². The number of rotatable bonds is 4. The monoisotopic (exact) mass is 268 g/mol. The second-order valence-corrected chi connectivity index (χ2v) is 6.32. The lowest BCUT2D eigenvalue weighted by Crippen LogP contribution is -2.47. The molecule has 0 aromatic heterocycles. The molecule has 1 heterocycles. The molecule has 1 saturated carbocycles. The lowest BCUT2D eigenvalue weighted by molar-refractivity contribution is -0.147. The molecule has 110 valence electrons. The maximum absolute atomic E-state index is 12.1. The fourth-order valence-corrected chi connectivity index (χ4v) is 3.44. The lowest BCUT2D eigenvalue weighted by atomic mass is 9.79. The molecular weight excluding hydrogens is 240 g/mol. The van der Waals surface area contributed by atoms with Crippen LogP contribution in [-0.4, -0.2) is 42.6 Å². The molecule has 1 aliphatic carbocycles. The summed E-state index contributed by atoms with van der Waals surface area (Å²) in [5, 5.41) is 0. The molecule has 0 bridgehead atoms. The van der Waals surface area contributed by atoms with Gasteiger partial charge in [-0.25, -0.2) is 0 Å². The van der Waals surface area contributed by atoms with E-state index in [4.69, 9.17) is 10.5 Å². The Labute approximate surface area is 116 Å². The van der Waals surface area contributed by atoms with Gasteiger partial charge in [-0.3, -0.25) is 4.79 Å². The maximum atomic E-state index is 12.1. The number of hydrogen-bond acceptors (Lipinski definition) is 3. The van der Waals surface area contributed by atoms with E-state index in [2.05, 4.69) is 6.92 Å². The van der Waals surface area contributed by atoms with Crippen molar-refractivity contribution >= 4 is 5.91 Å². The van der Waals surface area contributed by atoms with Crippen molar-refractivity contribution in [1.82, 2.24) is 4.90 Å². The molecule has 1 aliphatic heterocycles. The summed E-state index contributed by atoms with van der Waals surface area (Å²) in [6.45, 7) is 4.79. The van der Waals surface area contributed by atoms with Crippen molar-refractivity contribution in [1.29, 1.82) is 0 Å². The number of nitrogens with two attached hydrogens (primary N) is 1. The highest BCUT2D eigenvalue weighted by atomic mass is 16.5. The molecule has 2 N–H and O–H groups in total. The molecular formula is C15H28N2O2. The van der Waals surface area contributed by atoms with Crippen molar-refractivity contribution in [3.05, 3.63) is 0 Å². The second kappa shape index (κ2) is 6.71. The molecule has 19 heavy (non-hydrogen) atoms. The predicted octanol–water partition coefficient (Wildman–Crippen LogP) is 1.92. The Morgan fingerprint density at radius 1 is 1.32 bits per heavy atom. The fourth-order valence-electron chi connectivity index (χ4n) is 3.44. The topological polar surface area (TPSA) is 55.6 Å². The molecule has 0 aromatic carbocycles. The highest BCUT2D eigenvalue weighted by Gasteiger charge is 2.35. The summed E-state index contributed by atoms with van der Waals surface area (Å²) >= 11 is 0. The molecule has 0 aromatic rings. The van der Waals surface area contributed by atoms with E-state index in [9.17, 15) is 4.79 Å². The van der Waals surface area contributed by atoms with E-state index < -0.39 is 0 Å². The van der Waals surface area contributed by atoms with Crippen molar-refractivity contribution in [2.45, 2.75) is 57.5 Å². The van der Waals surface area contributed by atoms with E-state index in [-0.39, 0.29) is 18.1 Å². The van der Waals surface area contributed by atoms with Crippen LogP contribution in [0.2, 0.25) is 0 Å². The van der Waals surface area contributed by atoms with E-state index in [1.165, 1.54) is 12.8 Å². The maximum Gasteiger partial charge on any atom is 0.248 e. The first-order chi connectivity index (χ1) is 9.15. The normalized spacial score (nSPS) is 32.3. The highest BCUT2D eigenvalue weighted by molar-refractivity contribution is 5.77. The van der Waals surface area contributed by atoms with Gasteiger partial charge in [0.2, 0.25) is 5.91 Å². The van der Waals surface area contributed by atoms with E-state index in [0.29, 0.717) is 12.5 Å². The summed E-state index contributed by atoms with van der Waals surface area (Å²) in [6, 6.07) is 0. The summed E-state index contributed by atoms with van der Waals surface area (Å²) in [7, 11) is 0. The molecule has 0 radical (unpaired) electrons. The average molecular weight is 268 g/mol. The van der Waals surface area contributed by atoms with Gasteiger partial charge in [-0.2, -0.15) is 0 Å². The van der Waals surface area contributed by atoms with Gasteiger partial charge in [-0.05, 0) is 38.0 Å². The minimum Gasteiger partial charge on any atom is -0.364 e. The SMILES string of the molecule is CC1CCCC(CN)(OCC(=O)N2CCCCC2)C1. The minimum atomic E-state index is -0.247. The number of carbonyl (C=O) groups excluding carboxylic acids is 1. The van der Waals surface area contributed by atoms with Crippen LogP contribution in [0.15, 0.2) is 0 Å². The standard InChI is InChI=1S/C15H28N2O2/c1-13-6-5-7-15(10-13,12-16)19-11-14(18)17-8-3-2-4-9-17/h13H,2-12,16H2,1H3. The quantitative estimate of drug-likeness (QED) is 0.847. The zero-order valence-electron chi connectivity index (χ0n) is 12.2. The summed E-state index contributed by atoms with van der Waals surface area (Å²) in [4.78, 5) is 14.1. The van der Waals surface area contributed by atoms with Gasteiger partial charge in [-0.15, -0.1) is 0 Å². The summed E-state index contributed by atoms with van der Waals surface area (Å²) in [5.74, 6) is 0.799. The number of nitrogens with zero attached hydrogens (tertiary/aromatic N) is 1. The Morgan fingerprint density at radius 3 is 2.68 bits per heavy atom. The van der Waals surface area contributed by atoms with E-state index >= 15 is 0 Å². The zero-order chi connectivity index (χ0) is 13.7. The highest BCUT2D eigenvalue weighted by Crippen LogP contribution is 2.34. The van der Waals surface area contributed by atoms with Crippen molar-refractivity contribution < 1.29 is 9.53 Å². The second-order valence-electron chi connectivity index (χ2n) is 6.32. The van der Waals surface area contributed by atoms with Crippen LogP contribution in [0.3, 0.4) is 0 Å². The molecule has 0 spiro atoms. The van der Waals surface area contributed by atoms with Gasteiger partial charge in [0, 0.05) is 19.6 Å². The first kappa shape index (κ1) is 14.8. The molecule has 4 nitrogen and oxygen atoms in total. The number of ether oxygens (including phenoxy) is 1. The molecule has 2 fully saturated rings. The van der Waals surface area contributed by atoms with Crippen molar-refractivity contribution in [2.24, 2.45) is 11.7 Å². The Bertz CT molecular complexity index is 303. The van der Waals surface area contributed by atoms with Crippen molar-refractivity contribution in [3.63, 3.8) is 0 Å². The first-order valence-electron chi connectivity index (χ1n) is 7.77. The van der Waals surface area contributed by atoms with Gasteiger partial charge >= 0.3 is 0 Å². The minimum absolute atomic E-state index is 0.144. The predicted molar refractivity (Wildman–Crippen MR) is 75.8 cm³/mol. The number of piperidine rings is 1. The number of amides is 1.